The van der Waals surface area contributed by atoms with Gasteiger partial charge in [0, 0.05) is 0 Å². The van der Waals surface area contributed by atoms with E-state index in [4.69, 9.17) is 0 Å². The van der Waals surface area contributed by atoms with Crippen molar-refractivity contribution in [2.45, 2.75) is 49.4 Å². The molecule has 0 saturated carbocycles. The van der Waals surface area contributed by atoms with Crippen molar-refractivity contribution in [3.05, 3.63) is 239 Å². The number of fused-ring (bicyclic) bond motifs is 4. The van der Waals surface area contributed by atoms with E-state index in [9.17, 15) is 126 Å². The van der Waals surface area contributed by atoms with E-state index in [-0.39, 0.29) is 91.3 Å². The summed E-state index contributed by atoms with van der Waals surface area (Å²) >= 11 is 0. The summed E-state index contributed by atoms with van der Waals surface area (Å²) in [6, 6.07) is 28.4. The van der Waals surface area contributed by atoms with Gasteiger partial charge >= 0.3 is 73.3 Å². The van der Waals surface area contributed by atoms with E-state index in [2.05, 4.69) is 0 Å². The summed E-state index contributed by atoms with van der Waals surface area (Å²) in [5.74, 6) is -4.85. The van der Waals surface area contributed by atoms with Crippen LogP contribution in [-0.2, 0) is 49.4 Å². The number of benzene rings is 12. The van der Waals surface area contributed by atoms with Crippen LogP contribution < -0.4 is 20.4 Å². The topological polar surface area (TPSA) is 92.2 Å². The standard InChI is InChI=1S/2C36H18F12O2.Sn/c2*37-33(38,39)21-9-19(10-22(15-21)34(40,41)42)27-13-17-5-1-3-7-25(17)29(31(27)49)30-26-8-4-2-6-18(26)14-28(32(30)50)20-11-23(35(43,44)45)16-24(12-20)36(46,47)48;/h2*1-16,49-50H;/q;;+4/p-4. The van der Waals surface area contributed by atoms with E-state index in [0.717, 1.165) is 24.3 Å². The molecule has 0 fully saturated rings. The minimum Gasteiger partial charge on any atom is -0.872 e. The Morgan fingerprint density at radius 2 is 0.327 bits per heavy atom. The fourth-order valence-electron chi connectivity index (χ4n) is 11.6. The molecule has 516 valence electrons. The summed E-state index contributed by atoms with van der Waals surface area (Å²) in [4.78, 5) is 0. The minimum atomic E-state index is -5.27. The summed E-state index contributed by atoms with van der Waals surface area (Å²) in [6.45, 7) is 0. The van der Waals surface area contributed by atoms with Crippen molar-refractivity contribution in [3.63, 3.8) is 0 Å². The van der Waals surface area contributed by atoms with Crippen molar-refractivity contribution in [3.8, 4) is 89.8 Å². The van der Waals surface area contributed by atoms with Gasteiger partial charge in [-0.3, -0.25) is 0 Å². The maximum atomic E-state index is 14.3. The van der Waals surface area contributed by atoms with Crippen LogP contribution in [0.1, 0.15) is 44.5 Å². The second-order valence-corrected chi connectivity index (χ2v) is 22.6. The summed E-state index contributed by atoms with van der Waals surface area (Å²) in [7, 11) is 0. The first-order valence-electron chi connectivity index (χ1n) is 28.4. The number of halogens is 24. The third-order valence-electron chi connectivity index (χ3n) is 16.1. The Bertz CT molecular complexity index is 4470. The van der Waals surface area contributed by atoms with Crippen LogP contribution in [0.15, 0.2) is 194 Å². The molecule has 0 aliphatic rings. The zero-order chi connectivity index (χ0) is 73.1. The summed E-state index contributed by atoms with van der Waals surface area (Å²) in [6.07, 6.45) is -42.2. The van der Waals surface area contributed by atoms with Crippen molar-refractivity contribution in [1.29, 1.82) is 0 Å². The van der Waals surface area contributed by atoms with Gasteiger partial charge in [0.2, 0.25) is 0 Å². The van der Waals surface area contributed by atoms with E-state index in [1.807, 2.05) is 0 Å². The summed E-state index contributed by atoms with van der Waals surface area (Å²) < 4.78 is 330. The number of hydrogen-bond acceptors (Lipinski definition) is 4. The summed E-state index contributed by atoms with van der Waals surface area (Å²) in [5, 5.41) is 57.6. The van der Waals surface area contributed by atoms with Gasteiger partial charge in [0.25, 0.3) is 0 Å². The van der Waals surface area contributed by atoms with Crippen LogP contribution >= 0.6 is 0 Å². The monoisotopic (exact) mass is 1540 g/mol. The molecule has 0 spiro atoms. The molecule has 12 aromatic rings. The average molecular weight is 1540 g/mol. The molecular weight excluding hydrogens is 1500 g/mol. The van der Waals surface area contributed by atoms with E-state index < -0.39 is 184 Å². The van der Waals surface area contributed by atoms with E-state index in [1.165, 1.54) is 97.1 Å². The van der Waals surface area contributed by atoms with Crippen molar-refractivity contribution in [1.82, 2.24) is 0 Å². The first-order chi connectivity index (χ1) is 46.3. The molecule has 0 saturated heterocycles. The van der Waals surface area contributed by atoms with Crippen LogP contribution in [0.4, 0.5) is 105 Å². The molecule has 0 aromatic heterocycles. The molecule has 0 bridgehead atoms. The number of rotatable bonds is 6. The molecule has 12 aromatic carbocycles. The van der Waals surface area contributed by atoms with Gasteiger partial charge in [0.1, 0.15) is 0 Å². The van der Waals surface area contributed by atoms with Crippen LogP contribution in [0.5, 0.6) is 23.0 Å². The van der Waals surface area contributed by atoms with Gasteiger partial charge in [-0.2, -0.15) is 105 Å². The quantitative estimate of drug-likeness (QED) is 0.122. The maximum Gasteiger partial charge on any atom is 4.00 e. The Labute approximate surface area is 568 Å². The molecule has 0 atom stereocenters. The fraction of sp³-hybridized carbons (Fsp3) is 0.111. The Morgan fingerprint density at radius 1 is 0.188 bits per heavy atom. The zero-order valence-corrected chi connectivity index (χ0v) is 52.5. The van der Waals surface area contributed by atoms with Crippen LogP contribution in [0, 0.1) is 0 Å². The predicted octanol–water partition coefficient (Wildman–Crippen LogP) is 22.1. The molecule has 4 nitrogen and oxygen atoms in total. The predicted molar refractivity (Wildman–Crippen MR) is 319 cm³/mol. The van der Waals surface area contributed by atoms with E-state index in [0.29, 0.717) is 48.5 Å². The molecular formula is C72H32F24O4Sn. The Hall–Kier alpha value is -10.0. The largest absolute Gasteiger partial charge is 4.00 e. The van der Waals surface area contributed by atoms with Crippen molar-refractivity contribution >= 4 is 67.0 Å². The normalized spacial score (nSPS) is 12.8. The minimum absolute atomic E-state index is 0. The third kappa shape index (κ3) is 14.7. The van der Waals surface area contributed by atoms with Crippen LogP contribution in [0.25, 0.3) is 110 Å². The van der Waals surface area contributed by atoms with Crippen molar-refractivity contribution in [2.24, 2.45) is 0 Å². The average Bonchev–Trinajstić information content (AvgIpc) is 0.740. The maximum absolute atomic E-state index is 14.3. The molecule has 12 rings (SSSR count). The zero-order valence-electron chi connectivity index (χ0n) is 49.7. The smallest absolute Gasteiger partial charge is 0.872 e. The Balaban J connectivity index is 0.000000216. The molecule has 101 heavy (non-hydrogen) atoms. The van der Waals surface area contributed by atoms with Crippen LogP contribution in [-0.4, -0.2) is 23.9 Å². The molecule has 0 aliphatic carbocycles. The van der Waals surface area contributed by atoms with Crippen molar-refractivity contribution in [2.75, 3.05) is 0 Å². The molecule has 0 heterocycles. The van der Waals surface area contributed by atoms with Gasteiger partial charge in [0.05, 0.1) is 44.5 Å². The van der Waals surface area contributed by atoms with Crippen LogP contribution in [0.2, 0.25) is 0 Å². The fourth-order valence-corrected chi connectivity index (χ4v) is 11.6. The Kier molecular flexibility index (Phi) is 18.9. The third-order valence-corrected chi connectivity index (χ3v) is 16.1. The number of hydrogen-bond donors (Lipinski definition) is 0. The number of alkyl halides is 24. The van der Waals surface area contributed by atoms with E-state index >= 15 is 0 Å². The van der Waals surface area contributed by atoms with Gasteiger partial charge in [0.15, 0.2) is 0 Å². The van der Waals surface area contributed by atoms with Crippen molar-refractivity contribution < 1.29 is 126 Å². The first kappa shape index (κ1) is 73.7. The first-order valence-corrected chi connectivity index (χ1v) is 28.4. The summed E-state index contributed by atoms with van der Waals surface area (Å²) in [5.41, 5.74) is -21.8. The molecule has 29 heteroatoms. The molecule has 0 amide bonds. The van der Waals surface area contributed by atoms with Gasteiger partial charge in [-0.05, 0) is 207 Å². The molecule has 0 unspecified atom stereocenters. The van der Waals surface area contributed by atoms with Gasteiger partial charge in [-0.1, -0.05) is 120 Å². The van der Waals surface area contributed by atoms with Gasteiger partial charge < -0.3 is 20.4 Å². The second-order valence-electron chi connectivity index (χ2n) is 22.6. The SMILES string of the molecule is [O-]c1c(-c2cc(C(F)(F)F)cc(C(F)(F)F)c2)cc2ccccc2c1-c1c([O-])c(-c2cc(C(F)(F)F)cc(C(F)(F)F)c2)cc2ccccc12.[O-]c1c(-c2cc(C(F)(F)F)cc(C(F)(F)F)c2)cc2ccccc2c1-c1c([O-])c(-c2cc(C(F)(F)F)cc(C(F)(F)F)c2)cc2ccccc12.[Sn+4]. The van der Waals surface area contributed by atoms with Crippen LogP contribution in [0.3, 0.4) is 0 Å². The molecule has 0 aliphatic heterocycles. The second kappa shape index (κ2) is 25.9. The van der Waals surface area contributed by atoms with Gasteiger partial charge in [-0.25, -0.2) is 0 Å². The Morgan fingerprint density at radius 3 is 0.465 bits per heavy atom. The van der Waals surface area contributed by atoms with Gasteiger partial charge in [-0.15, -0.1) is 0 Å². The van der Waals surface area contributed by atoms with E-state index in [1.54, 1.807) is 0 Å². The molecule has 0 radical (unpaired) electrons. The molecule has 0 N–H and O–H groups in total.